The standard InChI is InChI=1S/C37H23N3O/c1-3-9-24(10-4-1)25-15-17-27(18-16-25)36-38-35(26-11-5-2-6-12-26)39-37(40-36)30-19-20-33-31(22-30)32-21-28-13-7-8-14-29(28)23-34(32)41-33/h1-23H/i2D,5D,6D,11D,12D. The molecule has 8 aromatic rings. The lowest BCUT2D eigenvalue weighted by atomic mass is 10.0. The monoisotopic (exact) mass is 530 g/mol. The van der Waals surface area contributed by atoms with Gasteiger partial charge in [-0.2, -0.15) is 0 Å². The van der Waals surface area contributed by atoms with Crippen molar-refractivity contribution in [2.24, 2.45) is 0 Å². The highest BCUT2D eigenvalue weighted by Crippen LogP contribution is 2.35. The zero-order valence-electron chi connectivity index (χ0n) is 26.6. The second-order valence-electron chi connectivity index (χ2n) is 9.76. The third kappa shape index (κ3) is 4.23. The van der Waals surface area contributed by atoms with E-state index in [0.29, 0.717) is 28.4 Å². The molecule has 192 valence electrons. The summed E-state index contributed by atoms with van der Waals surface area (Å²) in [5.74, 6) is 0.609. The van der Waals surface area contributed by atoms with E-state index >= 15 is 0 Å². The van der Waals surface area contributed by atoms with Crippen molar-refractivity contribution >= 4 is 32.7 Å². The summed E-state index contributed by atoms with van der Waals surface area (Å²) in [4.78, 5) is 14.2. The molecule has 2 aromatic heterocycles. The molecule has 0 spiro atoms. The fourth-order valence-corrected chi connectivity index (χ4v) is 5.15. The first kappa shape index (κ1) is 18.6. The molecule has 0 radical (unpaired) electrons. The highest BCUT2D eigenvalue weighted by Gasteiger charge is 2.15. The second-order valence-corrected chi connectivity index (χ2v) is 9.76. The van der Waals surface area contributed by atoms with Crippen LogP contribution in [0.1, 0.15) is 6.85 Å². The van der Waals surface area contributed by atoms with Crippen LogP contribution in [0, 0.1) is 0 Å². The van der Waals surface area contributed by atoms with Crippen LogP contribution in [0.2, 0.25) is 0 Å². The predicted octanol–water partition coefficient (Wildman–Crippen LogP) is 9.59. The fourth-order valence-electron chi connectivity index (χ4n) is 5.15. The third-order valence-electron chi connectivity index (χ3n) is 7.20. The van der Waals surface area contributed by atoms with Crippen molar-refractivity contribution in [1.82, 2.24) is 15.0 Å². The SMILES string of the molecule is [2H]c1c([2H])c([2H])c(-c2nc(-c3ccc(-c4ccccc4)cc3)nc(-c3ccc4oc5cc6ccccc6cc5c4c3)n2)c([2H])c1[2H]. The topological polar surface area (TPSA) is 51.8 Å². The maximum atomic E-state index is 8.60. The van der Waals surface area contributed by atoms with Crippen LogP contribution in [-0.2, 0) is 0 Å². The molecule has 4 heteroatoms. The summed E-state index contributed by atoms with van der Waals surface area (Å²) in [5.41, 5.74) is 4.84. The molecule has 0 aliphatic heterocycles. The second kappa shape index (κ2) is 9.54. The van der Waals surface area contributed by atoms with Crippen LogP contribution >= 0.6 is 0 Å². The molecule has 0 fully saturated rings. The van der Waals surface area contributed by atoms with Crippen molar-refractivity contribution in [1.29, 1.82) is 0 Å². The van der Waals surface area contributed by atoms with Crippen LogP contribution in [0.5, 0.6) is 0 Å². The molecule has 41 heavy (non-hydrogen) atoms. The van der Waals surface area contributed by atoms with Gasteiger partial charge in [0.2, 0.25) is 0 Å². The summed E-state index contributed by atoms with van der Waals surface area (Å²) < 4.78 is 47.9. The summed E-state index contributed by atoms with van der Waals surface area (Å²) in [5, 5.41) is 4.01. The summed E-state index contributed by atoms with van der Waals surface area (Å²) in [6.07, 6.45) is 0. The molecule has 0 amide bonds. The zero-order valence-corrected chi connectivity index (χ0v) is 21.6. The highest BCUT2D eigenvalue weighted by atomic mass is 16.3. The minimum atomic E-state index is -0.477. The van der Waals surface area contributed by atoms with E-state index in [1.807, 2.05) is 97.1 Å². The normalized spacial score (nSPS) is 13.1. The maximum absolute atomic E-state index is 8.60. The van der Waals surface area contributed by atoms with Crippen LogP contribution in [0.25, 0.3) is 78.0 Å². The smallest absolute Gasteiger partial charge is 0.164 e. The van der Waals surface area contributed by atoms with Crippen molar-refractivity contribution < 1.29 is 11.3 Å². The average Bonchev–Trinajstić information content (AvgIpc) is 3.46. The van der Waals surface area contributed by atoms with Gasteiger partial charge in [-0.1, -0.05) is 109 Å². The van der Waals surface area contributed by atoms with E-state index in [2.05, 4.69) is 17.1 Å². The largest absolute Gasteiger partial charge is 0.456 e. The van der Waals surface area contributed by atoms with Crippen LogP contribution < -0.4 is 0 Å². The number of nitrogens with zero attached hydrogens (tertiary/aromatic N) is 3. The van der Waals surface area contributed by atoms with Crippen molar-refractivity contribution in [2.75, 3.05) is 0 Å². The Kier molecular flexibility index (Phi) is 4.34. The Hall–Kier alpha value is -5.61. The molecule has 0 aliphatic carbocycles. The number of hydrogen-bond donors (Lipinski definition) is 0. The van der Waals surface area contributed by atoms with Crippen molar-refractivity contribution in [3.8, 4) is 45.3 Å². The van der Waals surface area contributed by atoms with Crippen LogP contribution in [0.3, 0.4) is 0 Å². The molecular weight excluding hydrogens is 502 g/mol. The molecule has 2 heterocycles. The lowest BCUT2D eigenvalue weighted by Crippen LogP contribution is -2.00. The molecule has 0 bridgehead atoms. The van der Waals surface area contributed by atoms with Crippen molar-refractivity contribution in [3.05, 3.63) is 139 Å². The molecule has 0 N–H and O–H groups in total. The van der Waals surface area contributed by atoms with Gasteiger partial charge >= 0.3 is 0 Å². The quantitative estimate of drug-likeness (QED) is 0.227. The summed E-state index contributed by atoms with van der Waals surface area (Å²) in [6.45, 7) is 0. The maximum Gasteiger partial charge on any atom is 0.164 e. The number of fused-ring (bicyclic) bond motifs is 4. The van der Waals surface area contributed by atoms with Crippen LogP contribution in [-0.4, -0.2) is 15.0 Å². The first-order valence-corrected chi connectivity index (χ1v) is 13.2. The Balaban J connectivity index is 1.33. The van der Waals surface area contributed by atoms with Gasteiger partial charge < -0.3 is 4.42 Å². The van der Waals surface area contributed by atoms with Crippen LogP contribution in [0.4, 0.5) is 0 Å². The summed E-state index contributed by atoms with van der Waals surface area (Å²) >= 11 is 0. The minimum Gasteiger partial charge on any atom is -0.456 e. The Labute approximate surface area is 243 Å². The Bertz CT molecular complexity index is 2450. The molecular formula is C37H23N3O. The molecule has 8 rings (SSSR count). The minimum absolute atomic E-state index is 0.00715. The molecule has 0 unspecified atom stereocenters. The Morgan fingerprint density at radius 1 is 0.439 bits per heavy atom. The van der Waals surface area contributed by atoms with Gasteiger partial charge in [-0.15, -0.1) is 0 Å². The van der Waals surface area contributed by atoms with Gasteiger partial charge in [0, 0.05) is 27.5 Å². The van der Waals surface area contributed by atoms with Gasteiger partial charge in [0.05, 0.1) is 6.85 Å². The van der Waals surface area contributed by atoms with Gasteiger partial charge in [-0.05, 0) is 52.2 Å². The first-order valence-electron chi connectivity index (χ1n) is 15.7. The zero-order chi connectivity index (χ0) is 31.5. The van der Waals surface area contributed by atoms with Crippen LogP contribution in [0.15, 0.2) is 144 Å². The molecule has 0 saturated carbocycles. The lowest BCUT2D eigenvalue weighted by molar-refractivity contribution is 0.669. The molecule has 4 nitrogen and oxygen atoms in total. The van der Waals surface area contributed by atoms with E-state index in [9.17, 15) is 0 Å². The first-order chi connectivity index (χ1) is 22.4. The summed E-state index contributed by atoms with van der Waals surface area (Å²) in [7, 11) is 0. The molecule has 0 saturated heterocycles. The van der Waals surface area contributed by atoms with Gasteiger partial charge in [0.1, 0.15) is 11.2 Å². The van der Waals surface area contributed by atoms with Gasteiger partial charge in [0.25, 0.3) is 0 Å². The average molecular weight is 531 g/mol. The predicted molar refractivity (Wildman–Crippen MR) is 166 cm³/mol. The number of aromatic nitrogens is 3. The Morgan fingerprint density at radius 2 is 1.00 bits per heavy atom. The molecule has 6 aromatic carbocycles. The third-order valence-corrected chi connectivity index (χ3v) is 7.20. The Morgan fingerprint density at radius 3 is 1.76 bits per heavy atom. The van der Waals surface area contributed by atoms with E-state index in [-0.39, 0.29) is 23.5 Å². The highest BCUT2D eigenvalue weighted by molar-refractivity contribution is 6.10. The number of furan rings is 1. The molecule has 0 aliphatic rings. The van der Waals surface area contributed by atoms with E-state index in [1.165, 1.54) is 0 Å². The van der Waals surface area contributed by atoms with Gasteiger partial charge in [0.15, 0.2) is 17.5 Å². The molecule has 0 atom stereocenters. The number of benzene rings is 6. The van der Waals surface area contributed by atoms with Crippen molar-refractivity contribution in [2.45, 2.75) is 0 Å². The number of hydrogen-bond acceptors (Lipinski definition) is 4. The van der Waals surface area contributed by atoms with E-state index < -0.39 is 18.1 Å². The van der Waals surface area contributed by atoms with E-state index in [1.54, 1.807) is 0 Å². The summed E-state index contributed by atoms with van der Waals surface area (Å²) in [6, 6.07) is 33.6. The van der Waals surface area contributed by atoms with Gasteiger partial charge in [-0.3, -0.25) is 0 Å². The lowest BCUT2D eigenvalue weighted by Gasteiger charge is -2.09. The fraction of sp³-hybridized carbons (Fsp3) is 0. The number of rotatable bonds is 4. The van der Waals surface area contributed by atoms with Gasteiger partial charge in [-0.25, -0.2) is 15.0 Å². The van der Waals surface area contributed by atoms with Crippen molar-refractivity contribution in [3.63, 3.8) is 0 Å². The van der Waals surface area contributed by atoms with E-state index in [4.69, 9.17) is 21.2 Å². The van der Waals surface area contributed by atoms with E-state index in [0.717, 1.165) is 38.3 Å².